The molecule has 0 spiro atoms. The van der Waals surface area contributed by atoms with Gasteiger partial charge in [0.15, 0.2) is 0 Å². The van der Waals surface area contributed by atoms with Gasteiger partial charge in [0.25, 0.3) is 0 Å². The molecule has 2 atom stereocenters. The molecular weight excluding hydrogens is 208 g/mol. The van der Waals surface area contributed by atoms with E-state index in [0.717, 1.165) is 10.6 Å². The Balaban J connectivity index is 2.58. The summed E-state index contributed by atoms with van der Waals surface area (Å²) in [6, 6.07) is 7.67. The van der Waals surface area contributed by atoms with Crippen molar-refractivity contribution < 1.29 is 5.11 Å². The van der Waals surface area contributed by atoms with E-state index in [1.807, 2.05) is 24.3 Å². The minimum absolute atomic E-state index is 0.272. The van der Waals surface area contributed by atoms with E-state index in [0.29, 0.717) is 18.3 Å². The van der Waals surface area contributed by atoms with Gasteiger partial charge < -0.3 is 5.11 Å². The van der Waals surface area contributed by atoms with Crippen molar-refractivity contribution in [2.45, 2.75) is 33.3 Å². The third-order valence-corrected chi connectivity index (χ3v) is 3.27. The van der Waals surface area contributed by atoms with Crippen molar-refractivity contribution in [1.82, 2.24) is 0 Å². The van der Waals surface area contributed by atoms with Crippen LogP contribution in [0.2, 0.25) is 5.02 Å². The first kappa shape index (κ1) is 12.5. The lowest BCUT2D eigenvalue weighted by Crippen LogP contribution is -2.24. The number of hydrogen-bond donors (Lipinski definition) is 1. The maximum atomic E-state index is 9.98. The Bertz CT molecular complexity index is 292. The van der Waals surface area contributed by atoms with Crippen LogP contribution in [0.25, 0.3) is 0 Å². The van der Waals surface area contributed by atoms with Crippen molar-refractivity contribution in [1.29, 1.82) is 0 Å². The number of benzene rings is 1. The molecule has 1 aromatic rings. The number of halogens is 1. The first-order valence-corrected chi connectivity index (χ1v) is 5.81. The lowest BCUT2D eigenvalue weighted by atomic mass is 9.89. The van der Waals surface area contributed by atoms with E-state index in [1.165, 1.54) is 0 Å². The molecule has 0 aromatic heterocycles. The van der Waals surface area contributed by atoms with E-state index in [1.54, 1.807) is 0 Å². The Morgan fingerprint density at radius 1 is 1.13 bits per heavy atom. The highest BCUT2D eigenvalue weighted by molar-refractivity contribution is 6.30. The molecule has 1 rings (SSSR count). The molecule has 0 saturated heterocycles. The lowest BCUT2D eigenvalue weighted by Gasteiger charge is -2.22. The standard InChI is InChI=1S/C13H19ClO/c1-9(2)10(3)13(15)8-11-4-6-12(14)7-5-11/h4-7,9-10,13,15H,8H2,1-3H3. The quantitative estimate of drug-likeness (QED) is 0.833. The van der Waals surface area contributed by atoms with E-state index in [4.69, 9.17) is 11.6 Å². The third-order valence-electron chi connectivity index (χ3n) is 3.02. The second-order valence-electron chi connectivity index (χ2n) is 4.50. The summed E-state index contributed by atoms with van der Waals surface area (Å²) in [5.74, 6) is 0.827. The van der Waals surface area contributed by atoms with Gasteiger partial charge in [-0.3, -0.25) is 0 Å². The summed E-state index contributed by atoms with van der Waals surface area (Å²) in [5, 5.41) is 10.7. The van der Waals surface area contributed by atoms with Gasteiger partial charge in [-0.15, -0.1) is 0 Å². The molecule has 0 bridgehead atoms. The van der Waals surface area contributed by atoms with Crippen molar-refractivity contribution in [3.05, 3.63) is 34.9 Å². The summed E-state index contributed by atoms with van der Waals surface area (Å²) in [6.07, 6.45) is 0.433. The maximum absolute atomic E-state index is 9.98. The molecule has 2 heteroatoms. The van der Waals surface area contributed by atoms with Crippen molar-refractivity contribution in [2.24, 2.45) is 11.8 Å². The summed E-state index contributed by atoms with van der Waals surface area (Å²) in [4.78, 5) is 0. The van der Waals surface area contributed by atoms with E-state index < -0.39 is 0 Å². The average Bonchev–Trinajstić information content (AvgIpc) is 2.20. The van der Waals surface area contributed by atoms with Gasteiger partial charge >= 0.3 is 0 Å². The van der Waals surface area contributed by atoms with Crippen LogP contribution in [0, 0.1) is 11.8 Å². The van der Waals surface area contributed by atoms with E-state index in [-0.39, 0.29) is 6.10 Å². The summed E-state index contributed by atoms with van der Waals surface area (Å²) in [7, 11) is 0. The van der Waals surface area contributed by atoms with Crippen molar-refractivity contribution >= 4 is 11.6 Å². The predicted molar refractivity (Wildman–Crippen MR) is 65.2 cm³/mol. The van der Waals surface area contributed by atoms with E-state index >= 15 is 0 Å². The fourth-order valence-corrected chi connectivity index (χ4v) is 1.62. The number of aliphatic hydroxyl groups is 1. The molecule has 0 aliphatic rings. The van der Waals surface area contributed by atoms with Crippen LogP contribution in [0.4, 0.5) is 0 Å². The highest BCUT2D eigenvalue weighted by Gasteiger charge is 2.17. The van der Waals surface area contributed by atoms with Gasteiger partial charge in [0, 0.05) is 5.02 Å². The van der Waals surface area contributed by atoms with Gasteiger partial charge in [0.05, 0.1) is 6.10 Å². The first-order valence-electron chi connectivity index (χ1n) is 5.43. The molecule has 0 radical (unpaired) electrons. The zero-order valence-electron chi connectivity index (χ0n) is 9.57. The van der Waals surface area contributed by atoms with Gasteiger partial charge in [-0.1, -0.05) is 44.5 Å². The Morgan fingerprint density at radius 3 is 2.13 bits per heavy atom. The zero-order chi connectivity index (χ0) is 11.4. The van der Waals surface area contributed by atoms with Crippen LogP contribution in [0.1, 0.15) is 26.3 Å². The lowest BCUT2D eigenvalue weighted by molar-refractivity contribution is 0.0921. The molecule has 0 aliphatic heterocycles. The van der Waals surface area contributed by atoms with Gasteiger partial charge in [-0.2, -0.15) is 0 Å². The Kier molecular flexibility index (Phi) is 4.62. The maximum Gasteiger partial charge on any atom is 0.0608 e. The normalized spacial score (nSPS) is 15.3. The molecule has 1 aromatic carbocycles. The van der Waals surface area contributed by atoms with Gasteiger partial charge in [-0.05, 0) is 36.0 Å². The fraction of sp³-hybridized carbons (Fsp3) is 0.538. The summed E-state index contributed by atoms with van der Waals surface area (Å²) >= 11 is 5.80. The molecule has 0 amide bonds. The second kappa shape index (κ2) is 5.53. The van der Waals surface area contributed by atoms with Gasteiger partial charge in [0.2, 0.25) is 0 Å². The number of aliphatic hydroxyl groups excluding tert-OH is 1. The molecule has 15 heavy (non-hydrogen) atoms. The monoisotopic (exact) mass is 226 g/mol. The van der Waals surface area contributed by atoms with E-state index in [9.17, 15) is 5.11 Å². The topological polar surface area (TPSA) is 20.2 Å². The second-order valence-corrected chi connectivity index (χ2v) is 4.94. The van der Waals surface area contributed by atoms with Crippen molar-refractivity contribution in [3.8, 4) is 0 Å². The largest absolute Gasteiger partial charge is 0.392 e. The highest BCUT2D eigenvalue weighted by atomic mass is 35.5. The Morgan fingerprint density at radius 2 is 1.67 bits per heavy atom. The summed E-state index contributed by atoms with van der Waals surface area (Å²) in [6.45, 7) is 6.36. The molecule has 0 fully saturated rings. The van der Waals surface area contributed by atoms with Crippen LogP contribution < -0.4 is 0 Å². The van der Waals surface area contributed by atoms with Crippen LogP contribution in [0.3, 0.4) is 0 Å². The number of rotatable bonds is 4. The SMILES string of the molecule is CC(C)C(C)C(O)Cc1ccc(Cl)cc1. The minimum Gasteiger partial charge on any atom is -0.392 e. The molecular formula is C13H19ClO. The first-order chi connectivity index (χ1) is 7.00. The van der Waals surface area contributed by atoms with Gasteiger partial charge in [-0.25, -0.2) is 0 Å². The molecule has 2 unspecified atom stereocenters. The zero-order valence-corrected chi connectivity index (χ0v) is 10.3. The van der Waals surface area contributed by atoms with Crippen LogP contribution >= 0.6 is 11.6 Å². The van der Waals surface area contributed by atoms with E-state index in [2.05, 4.69) is 20.8 Å². The number of hydrogen-bond acceptors (Lipinski definition) is 1. The third kappa shape index (κ3) is 3.84. The fourth-order valence-electron chi connectivity index (χ4n) is 1.49. The predicted octanol–water partition coefficient (Wildman–Crippen LogP) is 3.54. The molecule has 0 saturated carbocycles. The summed E-state index contributed by atoms with van der Waals surface area (Å²) in [5.41, 5.74) is 1.14. The van der Waals surface area contributed by atoms with Crippen LogP contribution in [-0.2, 0) is 6.42 Å². The van der Waals surface area contributed by atoms with Crippen molar-refractivity contribution in [3.63, 3.8) is 0 Å². The Labute approximate surface area is 97.1 Å². The van der Waals surface area contributed by atoms with Crippen LogP contribution in [-0.4, -0.2) is 11.2 Å². The Hall–Kier alpha value is -0.530. The molecule has 0 heterocycles. The molecule has 84 valence electrons. The van der Waals surface area contributed by atoms with Crippen molar-refractivity contribution in [2.75, 3.05) is 0 Å². The smallest absolute Gasteiger partial charge is 0.0608 e. The highest BCUT2D eigenvalue weighted by Crippen LogP contribution is 2.19. The minimum atomic E-state index is -0.272. The summed E-state index contributed by atoms with van der Waals surface area (Å²) < 4.78 is 0. The molecule has 1 N–H and O–H groups in total. The van der Waals surface area contributed by atoms with Gasteiger partial charge in [0.1, 0.15) is 0 Å². The molecule has 0 aliphatic carbocycles. The van der Waals surface area contributed by atoms with Crippen LogP contribution in [0.15, 0.2) is 24.3 Å². The molecule has 1 nitrogen and oxygen atoms in total. The average molecular weight is 227 g/mol. The van der Waals surface area contributed by atoms with Crippen LogP contribution in [0.5, 0.6) is 0 Å².